The normalized spacial score (nSPS) is 33.6. The van der Waals surface area contributed by atoms with E-state index in [0.717, 1.165) is 30.0 Å². The van der Waals surface area contributed by atoms with Gasteiger partial charge < -0.3 is 11.1 Å². The number of rotatable bonds is 6. The largest absolute Gasteiger partial charge is 0.369 e. The molecule has 2 amide bonds. The summed E-state index contributed by atoms with van der Waals surface area (Å²) in [6.45, 7) is 0. The third-order valence-electron chi connectivity index (χ3n) is 8.48. The van der Waals surface area contributed by atoms with Gasteiger partial charge in [-0.15, -0.1) is 0 Å². The lowest BCUT2D eigenvalue weighted by Gasteiger charge is -2.59. The highest BCUT2D eigenvalue weighted by Crippen LogP contribution is 2.60. The number of primary amides is 1. The molecular weight excluding hydrogens is 509 g/mol. The minimum atomic E-state index is -3.18. The van der Waals surface area contributed by atoms with Crippen LogP contribution in [0.25, 0.3) is 0 Å². The molecule has 0 aliphatic heterocycles. The average Bonchev–Trinajstić information content (AvgIpc) is 2.69. The molecule has 0 spiro atoms. The second-order valence-electron chi connectivity index (χ2n) is 10.3. The minimum Gasteiger partial charge on any atom is -0.369 e. The number of thiol groups is 1. The van der Waals surface area contributed by atoms with Gasteiger partial charge in [0.05, 0.1) is 20.8 Å². The fourth-order valence-corrected chi connectivity index (χ4v) is 8.67. The molecule has 5 fully saturated rings. The molecule has 1 aromatic rings. The quantitative estimate of drug-likeness (QED) is 0.382. The number of carbonyl (C=O) groups is 2. The van der Waals surface area contributed by atoms with Crippen LogP contribution >= 0.6 is 34.8 Å². The molecule has 0 aromatic heterocycles. The molecule has 5 aliphatic carbocycles. The van der Waals surface area contributed by atoms with Crippen LogP contribution in [0.4, 0.5) is 5.69 Å². The number of anilines is 1. The molecule has 11 heteroatoms. The summed E-state index contributed by atoms with van der Waals surface area (Å²) in [5.74, 6) is 0.260. The van der Waals surface area contributed by atoms with E-state index in [0.29, 0.717) is 31.6 Å². The number of hydrogen-bond donors (Lipinski definition) is 3. The fourth-order valence-electron chi connectivity index (χ4n) is 7.04. The van der Waals surface area contributed by atoms with Gasteiger partial charge in [0.25, 0.3) is 0 Å². The number of nitrogens with one attached hydrogen (secondary N) is 1. The van der Waals surface area contributed by atoms with Gasteiger partial charge in [0, 0.05) is 11.5 Å². The zero-order valence-corrected chi connectivity index (χ0v) is 21.0. The number of benzene rings is 1. The molecule has 2 atom stereocenters. The second kappa shape index (κ2) is 8.18. The number of amides is 2. The van der Waals surface area contributed by atoms with Crippen molar-refractivity contribution in [2.45, 2.75) is 62.9 Å². The van der Waals surface area contributed by atoms with Crippen molar-refractivity contribution in [3.8, 4) is 0 Å². The highest BCUT2D eigenvalue weighted by Gasteiger charge is 2.59. The molecule has 0 radical (unpaired) electrons. The highest BCUT2D eigenvalue weighted by atomic mass is 35.5. The average molecular weight is 535 g/mol. The van der Waals surface area contributed by atoms with Crippen molar-refractivity contribution in [1.29, 1.82) is 0 Å². The predicted octanol–water partition coefficient (Wildman–Crippen LogP) is 3.70. The highest BCUT2D eigenvalue weighted by molar-refractivity contribution is 7.74. The summed E-state index contributed by atoms with van der Waals surface area (Å²) in [5, 5.41) is 3.68. The van der Waals surface area contributed by atoms with Crippen molar-refractivity contribution < 1.29 is 18.0 Å². The Hall–Kier alpha value is -1.22. The zero-order valence-electron chi connectivity index (χ0n) is 17.9. The molecule has 2 unspecified atom stereocenters. The van der Waals surface area contributed by atoms with Gasteiger partial charge in [0.15, 0.2) is 0 Å². The summed E-state index contributed by atoms with van der Waals surface area (Å²) < 4.78 is 26.0. The Kier molecular flexibility index (Phi) is 5.83. The van der Waals surface area contributed by atoms with Gasteiger partial charge in [0.2, 0.25) is 22.7 Å². The first kappa shape index (κ1) is 23.5. The Morgan fingerprint density at radius 1 is 1.00 bits per heavy atom. The fraction of sp³-hybridized carbons (Fsp3) is 0.636. The predicted molar refractivity (Wildman–Crippen MR) is 128 cm³/mol. The molecule has 6 rings (SSSR count). The summed E-state index contributed by atoms with van der Waals surface area (Å²) in [6.07, 6.45) is 5.62. The van der Waals surface area contributed by atoms with E-state index in [2.05, 4.69) is 5.32 Å². The number of carbonyl (C=O) groups excluding carboxylic acids is 2. The topological polar surface area (TPSA) is 110 Å². The van der Waals surface area contributed by atoms with E-state index in [1.807, 2.05) is 0 Å². The van der Waals surface area contributed by atoms with Crippen molar-refractivity contribution in [1.82, 2.24) is 5.32 Å². The molecule has 33 heavy (non-hydrogen) atoms. The Morgan fingerprint density at radius 3 is 2.12 bits per heavy atom. The van der Waals surface area contributed by atoms with Crippen molar-refractivity contribution in [3.63, 3.8) is 0 Å². The van der Waals surface area contributed by atoms with Crippen LogP contribution in [0.5, 0.6) is 0 Å². The lowest BCUT2D eigenvalue weighted by molar-refractivity contribution is -0.148. The molecule has 5 saturated carbocycles. The van der Waals surface area contributed by atoms with E-state index in [9.17, 15) is 18.0 Å². The van der Waals surface area contributed by atoms with Crippen LogP contribution in [-0.4, -0.2) is 31.8 Å². The Labute approximate surface area is 209 Å². The summed E-state index contributed by atoms with van der Waals surface area (Å²) in [4.78, 5) is 26.0. The third-order valence-corrected chi connectivity index (χ3v) is 10.4. The number of halogens is 3. The van der Waals surface area contributed by atoms with E-state index in [4.69, 9.17) is 40.5 Å². The Balaban J connectivity index is 1.44. The molecule has 7 nitrogen and oxygen atoms in total. The monoisotopic (exact) mass is 533 g/mol. The van der Waals surface area contributed by atoms with Gasteiger partial charge in [0.1, 0.15) is 5.54 Å². The molecule has 1 aromatic carbocycles. The smallest absolute Gasteiger partial charge is 0.247 e. The summed E-state index contributed by atoms with van der Waals surface area (Å²) >= 11 is 18.5. The van der Waals surface area contributed by atoms with Gasteiger partial charge in [-0.1, -0.05) is 34.8 Å². The molecule has 0 saturated heterocycles. The van der Waals surface area contributed by atoms with E-state index in [1.54, 1.807) is 0 Å². The van der Waals surface area contributed by atoms with Gasteiger partial charge in [-0.25, -0.2) is 8.42 Å². The SMILES string of the molecule is NC(=O)C12CC3CC(C1)C(NC(=O)C1(N(c4cc(Cl)c(Cl)cc4Cl)[SH](=O)=O)CCC1)C(C3)C2. The van der Waals surface area contributed by atoms with Gasteiger partial charge in [-0.2, -0.15) is 0 Å². The van der Waals surface area contributed by atoms with Gasteiger partial charge >= 0.3 is 0 Å². The maximum absolute atomic E-state index is 13.7. The zero-order chi connectivity index (χ0) is 23.7. The lowest BCUT2D eigenvalue weighted by atomic mass is 9.47. The van der Waals surface area contributed by atoms with Crippen LogP contribution < -0.4 is 15.4 Å². The van der Waals surface area contributed by atoms with E-state index in [-0.39, 0.29) is 50.4 Å². The second-order valence-corrected chi connectivity index (χ2v) is 12.4. The first-order valence-corrected chi connectivity index (χ1v) is 13.5. The first-order valence-electron chi connectivity index (χ1n) is 11.3. The number of nitrogens with zero attached hydrogens (tertiary/aromatic N) is 1. The van der Waals surface area contributed by atoms with Crippen LogP contribution in [-0.2, 0) is 20.5 Å². The third kappa shape index (κ3) is 3.63. The van der Waals surface area contributed by atoms with Crippen molar-refractivity contribution in [3.05, 3.63) is 27.2 Å². The number of nitrogens with two attached hydrogens (primary N) is 1. The van der Waals surface area contributed by atoms with Crippen molar-refractivity contribution in [2.75, 3.05) is 4.31 Å². The van der Waals surface area contributed by atoms with Crippen LogP contribution in [0.1, 0.15) is 51.4 Å². The van der Waals surface area contributed by atoms with E-state index in [1.165, 1.54) is 12.1 Å². The maximum atomic E-state index is 13.7. The van der Waals surface area contributed by atoms with Crippen LogP contribution in [0.3, 0.4) is 0 Å². The van der Waals surface area contributed by atoms with E-state index < -0.39 is 21.8 Å². The molecule has 5 aliphatic rings. The Bertz CT molecular complexity index is 1080. The molecule has 4 bridgehead atoms. The summed E-state index contributed by atoms with van der Waals surface area (Å²) in [5.41, 5.74) is 4.22. The minimum absolute atomic E-state index is 0.0883. The van der Waals surface area contributed by atoms with Crippen LogP contribution in [0.15, 0.2) is 12.1 Å². The van der Waals surface area contributed by atoms with Crippen molar-refractivity contribution in [2.24, 2.45) is 28.9 Å². The molecule has 180 valence electrons. The maximum Gasteiger partial charge on any atom is 0.247 e. The van der Waals surface area contributed by atoms with E-state index >= 15 is 0 Å². The Morgan fingerprint density at radius 2 is 1.61 bits per heavy atom. The van der Waals surface area contributed by atoms with Crippen LogP contribution in [0, 0.1) is 23.2 Å². The summed E-state index contributed by atoms with van der Waals surface area (Å²) in [7, 11) is -3.18. The first-order chi connectivity index (χ1) is 15.6. The standard InChI is InChI=1S/C22H26Cl3N3O4S/c23-14-6-16(25)17(7-15(14)24)28(33(31)32)22(2-1-3-22)20(30)27-18-12-4-11-5-13(18)10-21(8-11,9-12)19(26)29/h6-7,11-13,18,33H,1-5,8-10H2,(H2,26,29)(H,27,30). The van der Waals surface area contributed by atoms with Gasteiger partial charge in [-0.05, 0) is 81.3 Å². The van der Waals surface area contributed by atoms with Crippen molar-refractivity contribution >= 4 is 63.2 Å². The van der Waals surface area contributed by atoms with Crippen LogP contribution in [0.2, 0.25) is 15.1 Å². The number of hydrogen-bond acceptors (Lipinski definition) is 4. The molecule has 0 heterocycles. The summed E-state index contributed by atoms with van der Waals surface area (Å²) in [6, 6.07) is 2.69. The molecular formula is C22H26Cl3N3O4S. The molecule has 3 N–H and O–H groups in total. The lowest BCUT2D eigenvalue weighted by Crippen LogP contribution is -2.68. The van der Waals surface area contributed by atoms with Gasteiger partial charge in [-0.3, -0.25) is 13.9 Å².